The lowest BCUT2D eigenvalue weighted by molar-refractivity contribution is -0.0368. The van der Waals surface area contributed by atoms with Gasteiger partial charge in [0, 0.05) is 50.2 Å². The number of hydrogen-bond donors (Lipinski definition) is 1. The minimum atomic E-state index is 0.0967. The first-order valence-electron chi connectivity index (χ1n) is 9.88. The van der Waals surface area contributed by atoms with E-state index in [0.29, 0.717) is 6.04 Å². The van der Waals surface area contributed by atoms with Crippen LogP contribution in [0.3, 0.4) is 0 Å². The molecule has 5 rings (SSSR count). The molecule has 1 aromatic heterocycles. The van der Waals surface area contributed by atoms with Crippen LogP contribution in [0.5, 0.6) is 5.75 Å². The monoisotopic (exact) mass is 337 g/mol. The zero-order valence-corrected chi connectivity index (χ0v) is 14.8. The Bertz CT molecular complexity index is 739. The lowest BCUT2D eigenvalue weighted by Crippen LogP contribution is -2.49. The van der Waals surface area contributed by atoms with Crippen molar-refractivity contribution < 1.29 is 4.74 Å². The number of nitrogens with one attached hydrogen (secondary N) is 1. The summed E-state index contributed by atoms with van der Waals surface area (Å²) in [5.74, 6) is 2.37. The van der Waals surface area contributed by atoms with Gasteiger partial charge in [0.05, 0.1) is 5.69 Å². The third-order valence-electron chi connectivity index (χ3n) is 6.19. The van der Waals surface area contributed by atoms with Gasteiger partial charge in [-0.3, -0.25) is 0 Å². The van der Waals surface area contributed by atoms with Crippen molar-refractivity contribution in [2.24, 2.45) is 0 Å². The molecule has 132 valence electrons. The van der Waals surface area contributed by atoms with E-state index in [0.717, 1.165) is 38.1 Å². The smallest absolute Gasteiger partial charge is 0.124 e. The Hall–Kier alpha value is -1.81. The molecule has 1 aliphatic carbocycles. The van der Waals surface area contributed by atoms with E-state index in [4.69, 9.17) is 9.72 Å². The Kier molecular flexibility index (Phi) is 3.81. The number of para-hydroxylation sites is 1. The molecule has 1 N–H and O–H groups in total. The van der Waals surface area contributed by atoms with Crippen molar-refractivity contribution in [3.8, 4) is 5.75 Å². The van der Waals surface area contributed by atoms with Crippen molar-refractivity contribution in [1.29, 1.82) is 0 Å². The molecule has 1 spiro atoms. The highest BCUT2D eigenvalue weighted by Gasteiger charge is 2.45. The fourth-order valence-corrected chi connectivity index (χ4v) is 4.64. The van der Waals surface area contributed by atoms with E-state index in [-0.39, 0.29) is 5.60 Å². The van der Waals surface area contributed by atoms with Gasteiger partial charge in [-0.1, -0.05) is 18.2 Å². The van der Waals surface area contributed by atoms with Crippen LogP contribution in [0.15, 0.2) is 30.5 Å². The molecule has 2 aliphatic heterocycles. The van der Waals surface area contributed by atoms with Crippen LogP contribution in [0.25, 0.3) is 0 Å². The molecule has 3 aliphatic rings. The quantitative estimate of drug-likeness (QED) is 0.922. The summed E-state index contributed by atoms with van der Waals surface area (Å²) in [4.78, 5) is 4.83. The summed E-state index contributed by atoms with van der Waals surface area (Å²) >= 11 is 0. The number of aromatic nitrogens is 2. The standard InChI is InChI=1S/C21H27N3O/c1-2-7-19-17(6-1)18(14-21(25-19)10-5-11-21)22-12-9-16-15-24-13-4-3-8-20(24)23-16/h1-2,6-7,15,18,22H,3-5,8-14H2/t18-/m1/s1. The Morgan fingerprint density at radius 2 is 2.12 bits per heavy atom. The first-order chi connectivity index (χ1) is 12.3. The summed E-state index contributed by atoms with van der Waals surface area (Å²) in [6.07, 6.45) is 11.8. The van der Waals surface area contributed by atoms with Crippen LogP contribution in [0.1, 0.15) is 61.6 Å². The highest BCUT2D eigenvalue weighted by atomic mass is 16.5. The van der Waals surface area contributed by atoms with E-state index in [1.165, 1.54) is 49.2 Å². The van der Waals surface area contributed by atoms with Gasteiger partial charge in [0.1, 0.15) is 17.2 Å². The first kappa shape index (κ1) is 15.4. The van der Waals surface area contributed by atoms with E-state index in [1.807, 2.05) is 0 Å². The number of hydrogen-bond acceptors (Lipinski definition) is 3. The zero-order chi connectivity index (χ0) is 16.7. The van der Waals surface area contributed by atoms with Crippen LogP contribution in [-0.2, 0) is 19.4 Å². The lowest BCUT2D eigenvalue weighted by Gasteiger charge is -2.48. The van der Waals surface area contributed by atoms with Gasteiger partial charge in [-0.15, -0.1) is 0 Å². The maximum atomic E-state index is 6.35. The SMILES string of the molecule is c1ccc2c(c1)OC1(CCC1)C[C@H]2NCCc1cn2c(n1)CCCC2. The maximum Gasteiger partial charge on any atom is 0.124 e. The molecule has 0 bridgehead atoms. The van der Waals surface area contributed by atoms with Gasteiger partial charge in [0.15, 0.2) is 0 Å². The molecule has 3 heterocycles. The molecule has 0 unspecified atom stereocenters. The summed E-state index contributed by atoms with van der Waals surface area (Å²) in [5, 5.41) is 3.80. The number of rotatable bonds is 4. The predicted octanol–water partition coefficient (Wildman–Crippen LogP) is 3.80. The number of benzene rings is 1. The van der Waals surface area contributed by atoms with Crippen molar-refractivity contribution >= 4 is 0 Å². The Morgan fingerprint density at radius 3 is 2.96 bits per heavy atom. The molecule has 25 heavy (non-hydrogen) atoms. The highest BCUT2D eigenvalue weighted by molar-refractivity contribution is 5.39. The molecule has 4 nitrogen and oxygen atoms in total. The second kappa shape index (κ2) is 6.17. The molecule has 0 radical (unpaired) electrons. The van der Waals surface area contributed by atoms with Gasteiger partial charge in [-0.25, -0.2) is 4.98 Å². The van der Waals surface area contributed by atoms with Gasteiger partial charge >= 0.3 is 0 Å². The number of nitrogens with zero attached hydrogens (tertiary/aromatic N) is 2. The minimum Gasteiger partial charge on any atom is -0.487 e. The minimum absolute atomic E-state index is 0.0967. The van der Waals surface area contributed by atoms with Gasteiger partial charge < -0.3 is 14.6 Å². The third kappa shape index (κ3) is 2.86. The Labute approximate surface area is 149 Å². The number of imidazole rings is 1. The van der Waals surface area contributed by atoms with Crippen molar-refractivity contribution in [3.05, 3.63) is 47.5 Å². The summed E-state index contributed by atoms with van der Waals surface area (Å²) in [5.41, 5.74) is 2.66. The topological polar surface area (TPSA) is 39.1 Å². The molecule has 0 amide bonds. The summed E-state index contributed by atoms with van der Waals surface area (Å²) < 4.78 is 8.70. The second-order valence-electron chi connectivity index (χ2n) is 7.94. The molecule has 2 aromatic rings. The lowest BCUT2D eigenvalue weighted by atomic mass is 9.73. The average molecular weight is 337 g/mol. The normalized spacial score (nSPS) is 23.4. The van der Waals surface area contributed by atoms with Crippen LogP contribution < -0.4 is 10.1 Å². The zero-order valence-electron chi connectivity index (χ0n) is 14.8. The fraction of sp³-hybridized carbons (Fsp3) is 0.571. The van der Waals surface area contributed by atoms with Crippen LogP contribution in [0, 0.1) is 0 Å². The molecule has 1 saturated carbocycles. The van der Waals surface area contributed by atoms with E-state index in [9.17, 15) is 0 Å². The van der Waals surface area contributed by atoms with Gasteiger partial charge in [0.2, 0.25) is 0 Å². The molecule has 0 saturated heterocycles. The van der Waals surface area contributed by atoms with E-state index >= 15 is 0 Å². The van der Waals surface area contributed by atoms with Crippen molar-refractivity contribution in [1.82, 2.24) is 14.9 Å². The van der Waals surface area contributed by atoms with Crippen LogP contribution in [-0.4, -0.2) is 21.7 Å². The molecule has 4 heteroatoms. The van der Waals surface area contributed by atoms with Crippen LogP contribution >= 0.6 is 0 Å². The average Bonchev–Trinajstić information content (AvgIpc) is 3.03. The van der Waals surface area contributed by atoms with Crippen LogP contribution in [0.2, 0.25) is 0 Å². The van der Waals surface area contributed by atoms with Crippen molar-refractivity contribution in [2.45, 2.75) is 69.6 Å². The summed E-state index contributed by atoms with van der Waals surface area (Å²) in [7, 11) is 0. The largest absolute Gasteiger partial charge is 0.487 e. The van der Waals surface area contributed by atoms with Gasteiger partial charge in [-0.05, 0) is 38.2 Å². The molecular weight excluding hydrogens is 310 g/mol. The molecule has 1 fully saturated rings. The van der Waals surface area contributed by atoms with Crippen molar-refractivity contribution in [3.63, 3.8) is 0 Å². The van der Waals surface area contributed by atoms with Crippen LogP contribution in [0.4, 0.5) is 0 Å². The van der Waals surface area contributed by atoms with Gasteiger partial charge in [-0.2, -0.15) is 0 Å². The Morgan fingerprint density at radius 1 is 1.20 bits per heavy atom. The number of aryl methyl sites for hydroxylation is 2. The van der Waals surface area contributed by atoms with Gasteiger partial charge in [0.25, 0.3) is 0 Å². The molecule has 1 aromatic carbocycles. The Balaban J connectivity index is 1.26. The second-order valence-corrected chi connectivity index (χ2v) is 7.94. The van der Waals surface area contributed by atoms with E-state index in [1.54, 1.807) is 0 Å². The third-order valence-corrected chi connectivity index (χ3v) is 6.19. The highest BCUT2D eigenvalue weighted by Crippen LogP contribution is 2.48. The summed E-state index contributed by atoms with van der Waals surface area (Å²) in [6, 6.07) is 8.96. The van der Waals surface area contributed by atoms with E-state index in [2.05, 4.69) is 40.3 Å². The number of ether oxygens (including phenoxy) is 1. The summed E-state index contributed by atoms with van der Waals surface area (Å²) in [6.45, 7) is 2.12. The van der Waals surface area contributed by atoms with Crippen molar-refractivity contribution in [2.75, 3.05) is 6.54 Å². The fourth-order valence-electron chi connectivity index (χ4n) is 4.64. The number of fused-ring (bicyclic) bond motifs is 2. The first-order valence-corrected chi connectivity index (χ1v) is 9.88. The molecular formula is C21H27N3O. The maximum absolute atomic E-state index is 6.35. The molecule has 1 atom stereocenters. The predicted molar refractivity (Wildman–Crippen MR) is 97.9 cm³/mol. The van der Waals surface area contributed by atoms with E-state index < -0.39 is 0 Å².